The van der Waals surface area contributed by atoms with Crippen LogP contribution in [0.4, 0.5) is 0 Å². The topological polar surface area (TPSA) is 63.9 Å². The van der Waals surface area contributed by atoms with Gasteiger partial charge in [0.2, 0.25) is 0 Å². The van der Waals surface area contributed by atoms with Crippen LogP contribution in [0.25, 0.3) is 22.2 Å². The molecule has 6 rings (SSSR count). The van der Waals surface area contributed by atoms with E-state index in [0.29, 0.717) is 34.5 Å². The molecule has 0 fully saturated rings. The van der Waals surface area contributed by atoms with Crippen molar-refractivity contribution in [2.75, 3.05) is 6.98 Å². The zero-order valence-corrected chi connectivity index (χ0v) is 15.7. The molecule has 0 radical (unpaired) electrons. The smallest absolute Gasteiger partial charge is 0.254 e. The Balaban J connectivity index is 1.64. The number of carbonyl (C=O) groups is 1. The van der Waals surface area contributed by atoms with Crippen LogP contribution < -0.4 is 0 Å². The predicted octanol–water partition coefficient (Wildman–Crippen LogP) is 3.59. The summed E-state index contributed by atoms with van der Waals surface area (Å²) >= 11 is 0. The lowest BCUT2D eigenvalue weighted by molar-refractivity contribution is 0.0734. The largest absolute Gasteiger partial charge is 0.331 e. The first kappa shape index (κ1) is 13.3. The van der Waals surface area contributed by atoms with Crippen molar-refractivity contribution >= 4 is 16.9 Å². The quantitative estimate of drug-likeness (QED) is 0.462. The monoisotopic (exact) mass is 395 g/mol. The third-order valence-corrected chi connectivity index (χ3v) is 5.98. The molecular weight excluding hydrogens is 374 g/mol. The van der Waals surface area contributed by atoms with Gasteiger partial charge in [0.15, 0.2) is 0 Å². The molecule has 0 saturated carbocycles. The molecule has 0 aliphatic carbocycles. The highest BCUT2D eigenvalue weighted by atomic mass is 16.2. The lowest BCUT2D eigenvalue weighted by Gasteiger charge is -2.24. The van der Waals surface area contributed by atoms with Crippen LogP contribution in [0.5, 0.6) is 0 Å². The molecule has 2 atom stereocenters. The summed E-state index contributed by atoms with van der Waals surface area (Å²) in [6.07, 6.45) is 9.28. The van der Waals surface area contributed by atoms with Crippen LogP contribution in [-0.2, 0) is 0 Å². The van der Waals surface area contributed by atoms with Crippen molar-refractivity contribution in [1.29, 1.82) is 0 Å². The van der Waals surface area contributed by atoms with Gasteiger partial charge in [0.1, 0.15) is 13.5 Å². The molecule has 2 aliphatic rings. The Morgan fingerprint density at radius 3 is 2.87 bits per heavy atom. The Morgan fingerprint density at radius 1 is 1.20 bits per heavy atom. The maximum Gasteiger partial charge on any atom is 0.254 e. The molecule has 4 aromatic rings. The number of amides is 1. The molecule has 1 amide bonds. The standard InChI is InChI=1S/C24H17N5O/c1-3-14-5-4-6-17-22(14)20-10-21(28(2)24(17)30)23-27-18-8-7-15(9-19(18)29(20)23)16-11-25-13-26-12-16/h1,4-9,11-13,20-21H,10H2,2H3/t20-,21-/m1/s1/i2D3,13D. The fourth-order valence-corrected chi connectivity index (χ4v) is 4.66. The highest BCUT2D eigenvalue weighted by Crippen LogP contribution is 2.48. The molecule has 2 aromatic carbocycles. The van der Waals surface area contributed by atoms with Crippen molar-refractivity contribution in [2.45, 2.75) is 18.5 Å². The molecule has 2 aliphatic heterocycles. The number of nitrogens with zero attached hydrogens (tertiary/aromatic N) is 5. The van der Waals surface area contributed by atoms with Gasteiger partial charge >= 0.3 is 0 Å². The lowest BCUT2D eigenvalue weighted by Crippen LogP contribution is -2.30. The summed E-state index contributed by atoms with van der Waals surface area (Å²) in [6, 6.07) is 9.72. The molecule has 6 nitrogen and oxygen atoms in total. The van der Waals surface area contributed by atoms with Crippen molar-refractivity contribution in [3.05, 3.63) is 77.6 Å². The summed E-state index contributed by atoms with van der Waals surface area (Å²) in [5.41, 5.74) is 4.59. The van der Waals surface area contributed by atoms with Gasteiger partial charge in [-0.1, -0.05) is 18.1 Å². The number of benzene rings is 2. The summed E-state index contributed by atoms with van der Waals surface area (Å²) in [7, 11) is 0. The van der Waals surface area contributed by atoms with E-state index in [1.807, 2.05) is 22.8 Å². The molecule has 2 aromatic heterocycles. The Labute approximate surface area is 178 Å². The van der Waals surface area contributed by atoms with Crippen LogP contribution >= 0.6 is 0 Å². The number of hydrogen-bond donors (Lipinski definition) is 0. The van der Waals surface area contributed by atoms with E-state index in [2.05, 4.69) is 15.9 Å². The minimum Gasteiger partial charge on any atom is -0.331 e. The minimum absolute atomic E-state index is 0.0621. The van der Waals surface area contributed by atoms with E-state index in [-0.39, 0.29) is 12.3 Å². The third kappa shape index (κ3) is 2.15. The van der Waals surface area contributed by atoms with E-state index in [1.54, 1.807) is 30.6 Å². The van der Waals surface area contributed by atoms with E-state index in [1.165, 1.54) is 0 Å². The van der Waals surface area contributed by atoms with Gasteiger partial charge in [0, 0.05) is 52.2 Å². The number of aromatic nitrogens is 4. The molecule has 144 valence electrons. The van der Waals surface area contributed by atoms with Crippen LogP contribution in [0, 0.1) is 12.3 Å². The average Bonchev–Trinajstić information content (AvgIpc) is 3.31. The Bertz CT molecular complexity index is 1530. The zero-order valence-electron chi connectivity index (χ0n) is 19.7. The second-order valence-electron chi connectivity index (χ2n) is 7.47. The maximum atomic E-state index is 13.5. The SMILES string of the molecule is [2H]c1ncc(-c2ccc3nc4n(c3c2)[C@@H]2C[C@H]4N(C([2H])([2H])[2H])C(=O)c3cccc(C#C)c32)cn1. The first-order valence-electron chi connectivity index (χ1n) is 11.5. The van der Waals surface area contributed by atoms with Gasteiger partial charge in [-0.15, -0.1) is 6.42 Å². The van der Waals surface area contributed by atoms with Crippen LogP contribution in [0.3, 0.4) is 0 Å². The molecule has 0 spiro atoms. The van der Waals surface area contributed by atoms with Gasteiger partial charge in [-0.2, -0.15) is 0 Å². The molecular formula is C24H17N5O. The summed E-state index contributed by atoms with van der Waals surface area (Å²) in [6.45, 7) is -2.64. The van der Waals surface area contributed by atoms with E-state index < -0.39 is 18.9 Å². The molecule has 0 N–H and O–H groups in total. The van der Waals surface area contributed by atoms with Crippen LogP contribution in [0.1, 0.15) is 51.3 Å². The zero-order chi connectivity index (χ0) is 23.8. The van der Waals surface area contributed by atoms with E-state index in [9.17, 15) is 4.79 Å². The second-order valence-corrected chi connectivity index (χ2v) is 7.47. The van der Waals surface area contributed by atoms with Gasteiger partial charge in [0.05, 0.1) is 23.1 Å². The highest BCUT2D eigenvalue weighted by molar-refractivity contribution is 5.98. The van der Waals surface area contributed by atoms with Crippen molar-refractivity contribution in [3.63, 3.8) is 0 Å². The normalized spacial score (nSPS) is 21.7. The van der Waals surface area contributed by atoms with Gasteiger partial charge < -0.3 is 9.47 Å². The molecule has 6 heteroatoms. The number of terminal acetylenes is 1. The number of imidazole rings is 1. The van der Waals surface area contributed by atoms with E-state index >= 15 is 0 Å². The van der Waals surface area contributed by atoms with E-state index in [0.717, 1.165) is 21.5 Å². The Morgan fingerprint density at radius 2 is 2.07 bits per heavy atom. The minimum atomic E-state index is -2.64. The van der Waals surface area contributed by atoms with Crippen molar-refractivity contribution < 1.29 is 10.3 Å². The number of fused-ring (bicyclic) bond motifs is 9. The third-order valence-electron chi connectivity index (χ3n) is 5.98. The fraction of sp³-hybridized carbons (Fsp3) is 0.167. The van der Waals surface area contributed by atoms with Gasteiger partial charge in [0.25, 0.3) is 5.91 Å². The lowest BCUT2D eigenvalue weighted by atomic mass is 9.93. The van der Waals surface area contributed by atoms with Crippen LogP contribution in [0.2, 0.25) is 0 Å². The first-order chi connectivity index (χ1) is 16.3. The second kappa shape index (κ2) is 6.01. The van der Waals surface area contributed by atoms with E-state index in [4.69, 9.17) is 16.9 Å². The summed E-state index contributed by atoms with van der Waals surface area (Å²) in [5, 5.41) is 0. The number of rotatable bonds is 1. The van der Waals surface area contributed by atoms with Gasteiger partial charge in [-0.25, -0.2) is 15.0 Å². The van der Waals surface area contributed by atoms with Crippen molar-refractivity contribution in [2.24, 2.45) is 0 Å². The Kier molecular flexibility index (Phi) is 2.66. The summed E-state index contributed by atoms with van der Waals surface area (Å²) in [4.78, 5) is 27.1. The van der Waals surface area contributed by atoms with Crippen LogP contribution in [-0.4, -0.2) is 37.3 Å². The van der Waals surface area contributed by atoms with Gasteiger partial charge in [-0.05, 0) is 29.8 Å². The first-order valence-corrected chi connectivity index (χ1v) is 9.52. The highest BCUT2D eigenvalue weighted by Gasteiger charge is 2.44. The average molecular weight is 395 g/mol. The molecule has 0 unspecified atom stereocenters. The van der Waals surface area contributed by atoms with Crippen molar-refractivity contribution in [1.82, 2.24) is 24.4 Å². The summed E-state index contributed by atoms with van der Waals surface area (Å²) in [5.74, 6) is 2.64. The molecule has 0 saturated heterocycles. The summed E-state index contributed by atoms with van der Waals surface area (Å²) < 4.78 is 33.9. The maximum absolute atomic E-state index is 13.5. The van der Waals surface area contributed by atoms with Gasteiger partial charge in [-0.3, -0.25) is 4.79 Å². The number of carbonyl (C=O) groups excluding carboxylic acids is 1. The predicted molar refractivity (Wildman–Crippen MR) is 113 cm³/mol. The molecule has 2 bridgehead atoms. The number of hydrogen-bond acceptors (Lipinski definition) is 4. The Hall–Kier alpha value is -3.98. The fourth-order valence-electron chi connectivity index (χ4n) is 4.66. The molecule has 30 heavy (non-hydrogen) atoms. The molecule has 4 heterocycles. The van der Waals surface area contributed by atoms with Crippen molar-refractivity contribution in [3.8, 4) is 23.5 Å². The van der Waals surface area contributed by atoms with Crippen LogP contribution in [0.15, 0.2) is 55.1 Å².